The summed E-state index contributed by atoms with van der Waals surface area (Å²) in [5.74, 6) is -1.35. The third-order valence-electron chi connectivity index (χ3n) is 5.37. The zero-order chi connectivity index (χ0) is 22.1. The molecule has 4 aromatic rings. The van der Waals surface area contributed by atoms with Crippen LogP contribution >= 0.6 is 0 Å². The zero-order valence-corrected chi connectivity index (χ0v) is 16.8. The Morgan fingerprint density at radius 1 is 1.12 bits per heavy atom. The summed E-state index contributed by atoms with van der Waals surface area (Å²) in [5, 5.41) is 3.62. The minimum atomic E-state index is -0.724. The van der Waals surface area contributed by atoms with Crippen LogP contribution in [-0.2, 0) is 0 Å². The van der Waals surface area contributed by atoms with Gasteiger partial charge in [-0.1, -0.05) is 0 Å². The van der Waals surface area contributed by atoms with Crippen LogP contribution in [0.4, 0.5) is 24.8 Å². The second-order valence-electron chi connectivity index (χ2n) is 7.59. The molecule has 1 aliphatic rings. The van der Waals surface area contributed by atoms with Gasteiger partial charge in [0.2, 0.25) is 0 Å². The third kappa shape index (κ3) is 4.03. The molecule has 32 heavy (non-hydrogen) atoms. The number of hydrogen-bond acceptors (Lipinski definition) is 6. The number of halogens is 3. The van der Waals surface area contributed by atoms with Crippen molar-refractivity contribution in [2.45, 2.75) is 31.7 Å². The van der Waals surface area contributed by atoms with Crippen LogP contribution in [0.2, 0.25) is 0 Å². The highest BCUT2D eigenvalue weighted by Gasteiger charge is 2.20. The largest absolute Gasteiger partial charge is 0.367 e. The van der Waals surface area contributed by atoms with Crippen molar-refractivity contribution in [2.75, 3.05) is 5.32 Å². The molecule has 5 rings (SSSR count). The monoisotopic (exact) mass is 437 g/mol. The first-order valence-corrected chi connectivity index (χ1v) is 10.1. The van der Waals surface area contributed by atoms with Crippen molar-refractivity contribution in [1.29, 1.82) is 0 Å². The summed E-state index contributed by atoms with van der Waals surface area (Å²) >= 11 is 0. The number of fused-ring (bicyclic) bond motifs is 1. The number of nitrogens with zero attached hydrogens (tertiary/aromatic N) is 5. The number of benzene rings is 1. The Balaban J connectivity index is 1.44. The average Bonchev–Trinajstić information content (AvgIpc) is 3.20. The van der Waals surface area contributed by atoms with Crippen molar-refractivity contribution in [1.82, 2.24) is 24.9 Å². The lowest BCUT2D eigenvalue weighted by Gasteiger charge is -2.24. The van der Waals surface area contributed by atoms with Gasteiger partial charge in [-0.05, 0) is 31.4 Å². The van der Waals surface area contributed by atoms with E-state index in [1.54, 1.807) is 12.3 Å². The molecule has 10 heteroatoms. The topological polar surface area (TPSA) is 91.7 Å². The molecule has 0 bridgehead atoms. The molecule has 0 aliphatic heterocycles. The van der Waals surface area contributed by atoms with Gasteiger partial charge in [-0.2, -0.15) is 0 Å². The molecule has 3 heterocycles. The SMILES string of the molecule is Fc1cc(F)c2[nH]cc(-c3ncc(F)c(N=C4CCC[C@@H](Nc5ccncn5)C4)n3)c2c1. The standard InChI is InChI=1S/C22H18F3N7/c23-12-6-15-16(9-27-20(15)17(24)7-12)21-28-10-18(25)22(32-21)31-14-3-1-2-13(8-14)30-19-4-5-26-11-29-19/h4-7,9-11,13,27H,1-3,8H2,(H,26,29,30)/t13-/m1/s1. The Labute approximate surface area is 180 Å². The molecule has 1 fully saturated rings. The van der Waals surface area contributed by atoms with E-state index in [1.165, 1.54) is 18.6 Å². The van der Waals surface area contributed by atoms with Crippen molar-refractivity contribution >= 4 is 28.3 Å². The molecule has 1 aromatic carbocycles. The maximum Gasteiger partial charge on any atom is 0.192 e. The molecule has 3 aromatic heterocycles. The van der Waals surface area contributed by atoms with Gasteiger partial charge in [0.25, 0.3) is 0 Å². The Morgan fingerprint density at radius 2 is 2.03 bits per heavy atom. The first-order chi connectivity index (χ1) is 15.6. The normalized spacial score (nSPS) is 17.7. The molecule has 0 spiro atoms. The second-order valence-corrected chi connectivity index (χ2v) is 7.59. The van der Waals surface area contributed by atoms with E-state index in [1.807, 2.05) is 0 Å². The quantitative estimate of drug-likeness (QED) is 0.471. The van der Waals surface area contributed by atoms with E-state index in [9.17, 15) is 13.2 Å². The van der Waals surface area contributed by atoms with Crippen LogP contribution in [0, 0.1) is 17.5 Å². The van der Waals surface area contributed by atoms with Gasteiger partial charge in [-0.15, -0.1) is 0 Å². The van der Waals surface area contributed by atoms with Gasteiger partial charge < -0.3 is 10.3 Å². The molecule has 1 aliphatic carbocycles. The lowest BCUT2D eigenvalue weighted by atomic mass is 9.93. The lowest BCUT2D eigenvalue weighted by Crippen LogP contribution is -2.27. The van der Waals surface area contributed by atoms with Crippen LogP contribution in [0.1, 0.15) is 25.7 Å². The van der Waals surface area contributed by atoms with E-state index in [4.69, 9.17) is 0 Å². The van der Waals surface area contributed by atoms with Gasteiger partial charge in [-0.3, -0.25) is 0 Å². The van der Waals surface area contributed by atoms with Crippen LogP contribution in [0.3, 0.4) is 0 Å². The molecule has 2 N–H and O–H groups in total. The fourth-order valence-corrected chi connectivity index (χ4v) is 3.91. The maximum atomic E-state index is 14.5. The molecule has 162 valence electrons. The van der Waals surface area contributed by atoms with Crippen molar-refractivity contribution in [3.63, 3.8) is 0 Å². The number of H-pyrrole nitrogens is 1. The van der Waals surface area contributed by atoms with E-state index in [0.717, 1.165) is 43.1 Å². The molecule has 0 radical (unpaired) electrons. The van der Waals surface area contributed by atoms with Gasteiger partial charge in [0, 0.05) is 47.6 Å². The van der Waals surface area contributed by atoms with Gasteiger partial charge in [0.05, 0.1) is 11.7 Å². The minimum absolute atomic E-state index is 0.0982. The first kappa shape index (κ1) is 20.1. The molecule has 0 saturated heterocycles. The highest BCUT2D eigenvalue weighted by Crippen LogP contribution is 2.30. The second kappa shape index (κ2) is 8.37. The number of anilines is 1. The molecule has 1 saturated carbocycles. The maximum absolute atomic E-state index is 14.5. The number of aliphatic imine (C=N–C) groups is 1. The van der Waals surface area contributed by atoms with E-state index in [-0.39, 0.29) is 28.6 Å². The Hall–Kier alpha value is -3.82. The van der Waals surface area contributed by atoms with Crippen LogP contribution in [0.15, 0.2) is 48.1 Å². The smallest absolute Gasteiger partial charge is 0.192 e. The average molecular weight is 437 g/mol. The molecule has 0 amide bonds. The van der Waals surface area contributed by atoms with E-state index in [2.05, 4.69) is 35.2 Å². The predicted molar refractivity (Wildman–Crippen MR) is 114 cm³/mol. The summed E-state index contributed by atoms with van der Waals surface area (Å²) < 4.78 is 42.2. The van der Waals surface area contributed by atoms with Crippen LogP contribution in [-0.4, -0.2) is 36.7 Å². The van der Waals surface area contributed by atoms with Gasteiger partial charge in [-0.25, -0.2) is 38.1 Å². The van der Waals surface area contributed by atoms with Gasteiger partial charge in [0.1, 0.15) is 23.8 Å². The number of rotatable bonds is 4. The first-order valence-electron chi connectivity index (χ1n) is 10.1. The molecular formula is C22H18F3N7. The van der Waals surface area contributed by atoms with Gasteiger partial charge in [0.15, 0.2) is 17.5 Å². The van der Waals surface area contributed by atoms with E-state index < -0.39 is 17.5 Å². The summed E-state index contributed by atoms with van der Waals surface area (Å²) in [6.07, 6.45) is 8.80. The minimum Gasteiger partial charge on any atom is -0.367 e. The number of nitrogens with one attached hydrogen (secondary N) is 2. The fourth-order valence-electron chi connectivity index (χ4n) is 3.91. The molecular weight excluding hydrogens is 419 g/mol. The zero-order valence-electron chi connectivity index (χ0n) is 16.8. The predicted octanol–water partition coefficient (Wildman–Crippen LogP) is 4.96. The van der Waals surface area contributed by atoms with E-state index >= 15 is 0 Å². The van der Waals surface area contributed by atoms with E-state index in [0.29, 0.717) is 12.0 Å². The van der Waals surface area contributed by atoms with Gasteiger partial charge >= 0.3 is 0 Å². The summed E-state index contributed by atoms with van der Waals surface area (Å²) in [4.78, 5) is 23.5. The van der Waals surface area contributed by atoms with Crippen molar-refractivity contribution < 1.29 is 13.2 Å². The third-order valence-corrected chi connectivity index (χ3v) is 5.37. The summed E-state index contributed by atoms with van der Waals surface area (Å²) in [6, 6.07) is 3.88. The highest BCUT2D eigenvalue weighted by atomic mass is 19.1. The summed E-state index contributed by atoms with van der Waals surface area (Å²) in [5.41, 5.74) is 1.31. The summed E-state index contributed by atoms with van der Waals surface area (Å²) in [7, 11) is 0. The Kier molecular flexibility index (Phi) is 5.26. The Morgan fingerprint density at radius 3 is 2.88 bits per heavy atom. The van der Waals surface area contributed by atoms with Crippen LogP contribution < -0.4 is 5.32 Å². The molecule has 0 unspecified atom stereocenters. The highest BCUT2D eigenvalue weighted by molar-refractivity contribution is 5.94. The summed E-state index contributed by atoms with van der Waals surface area (Å²) in [6.45, 7) is 0. The van der Waals surface area contributed by atoms with Crippen LogP contribution in [0.25, 0.3) is 22.3 Å². The number of aromatic amines is 1. The molecule has 7 nitrogen and oxygen atoms in total. The van der Waals surface area contributed by atoms with Crippen molar-refractivity contribution in [3.05, 3.63) is 60.6 Å². The van der Waals surface area contributed by atoms with Crippen LogP contribution in [0.5, 0.6) is 0 Å². The van der Waals surface area contributed by atoms with Crippen molar-refractivity contribution in [2.24, 2.45) is 4.99 Å². The Bertz CT molecular complexity index is 1300. The lowest BCUT2D eigenvalue weighted by molar-refractivity contribution is 0.591. The van der Waals surface area contributed by atoms with Crippen molar-refractivity contribution in [3.8, 4) is 11.4 Å². The fraction of sp³-hybridized carbons (Fsp3) is 0.227. The number of aromatic nitrogens is 5. The number of hydrogen-bond donors (Lipinski definition) is 2. The molecule has 1 atom stereocenters.